The molecule has 3 N–H and O–H groups in total. The average Bonchev–Trinajstić information content (AvgIpc) is 2.83. The van der Waals surface area contributed by atoms with Crippen molar-refractivity contribution in [3.05, 3.63) is 99.7 Å². The summed E-state index contributed by atoms with van der Waals surface area (Å²) in [5.74, 6) is -0.0808. The Kier molecular flexibility index (Phi) is 6.09. The molecule has 3 heterocycles. The highest BCUT2D eigenvalue weighted by atomic mass is 16.1. The predicted molar refractivity (Wildman–Crippen MR) is 125 cm³/mol. The average molecular weight is 414 g/mol. The van der Waals surface area contributed by atoms with Crippen LogP contribution in [0.3, 0.4) is 0 Å². The summed E-state index contributed by atoms with van der Waals surface area (Å²) in [6.07, 6.45) is 1.81. The first-order chi connectivity index (χ1) is 15.3. The second-order valence-electron chi connectivity index (χ2n) is 7.29. The number of pyridine rings is 1. The molecule has 6 heteroatoms. The third-order valence-electron chi connectivity index (χ3n) is 5.51. The molecule has 0 bridgehead atoms. The quantitative estimate of drug-likeness (QED) is 0.463. The molecular formula is C25H27N5O. The SMILES string of the molecule is CC.CNCc1ccc(C2c3n[nH]c(=O)c4cccc(c34)NC2c2ccccn2)cc1. The highest BCUT2D eigenvalue weighted by Crippen LogP contribution is 2.45. The topological polar surface area (TPSA) is 82.7 Å². The number of rotatable bonds is 4. The minimum absolute atomic E-state index is 0.0808. The van der Waals surface area contributed by atoms with Gasteiger partial charge in [0.25, 0.3) is 5.56 Å². The van der Waals surface area contributed by atoms with Crippen LogP contribution in [0.5, 0.6) is 0 Å². The van der Waals surface area contributed by atoms with Gasteiger partial charge in [0.15, 0.2) is 0 Å². The van der Waals surface area contributed by atoms with Crippen molar-refractivity contribution in [2.45, 2.75) is 32.4 Å². The van der Waals surface area contributed by atoms with Crippen molar-refractivity contribution in [2.75, 3.05) is 12.4 Å². The molecule has 0 fully saturated rings. The molecule has 0 aliphatic carbocycles. The van der Waals surface area contributed by atoms with Crippen molar-refractivity contribution in [1.29, 1.82) is 0 Å². The standard InChI is InChI=1S/C23H21N5O.C2H6/c1-24-13-14-8-10-15(11-9-14)19-21(18-6-2-3-12-25-18)26-17-7-4-5-16-20(17)22(19)27-28-23(16)29;1-2/h2-12,19,21,24,26H,13H2,1H3,(H,28,29);1-2H3. The van der Waals surface area contributed by atoms with E-state index in [-0.39, 0.29) is 17.5 Å². The number of anilines is 1. The van der Waals surface area contributed by atoms with Crippen LogP contribution in [0.2, 0.25) is 0 Å². The van der Waals surface area contributed by atoms with Crippen LogP contribution in [0.1, 0.15) is 48.3 Å². The summed E-state index contributed by atoms with van der Waals surface area (Å²) < 4.78 is 0. The Labute approximate surface area is 181 Å². The van der Waals surface area contributed by atoms with Gasteiger partial charge in [-0.2, -0.15) is 5.10 Å². The van der Waals surface area contributed by atoms with Gasteiger partial charge in [-0.15, -0.1) is 0 Å². The third kappa shape index (κ3) is 3.82. The molecule has 0 saturated carbocycles. The zero-order valence-corrected chi connectivity index (χ0v) is 18.0. The number of hydrogen-bond acceptors (Lipinski definition) is 5. The van der Waals surface area contributed by atoms with Gasteiger partial charge in [0.2, 0.25) is 0 Å². The van der Waals surface area contributed by atoms with E-state index in [2.05, 4.69) is 50.1 Å². The number of H-pyrrole nitrogens is 1. The fourth-order valence-corrected chi connectivity index (χ4v) is 4.20. The zero-order valence-electron chi connectivity index (χ0n) is 18.0. The van der Waals surface area contributed by atoms with Crippen molar-refractivity contribution in [3.8, 4) is 0 Å². The monoisotopic (exact) mass is 413 g/mol. The van der Waals surface area contributed by atoms with Gasteiger partial charge in [-0.3, -0.25) is 9.78 Å². The van der Waals surface area contributed by atoms with Crippen molar-refractivity contribution in [1.82, 2.24) is 20.5 Å². The number of aromatic amines is 1. The zero-order chi connectivity index (χ0) is 21.8. The summed E-state index contributed by atoms with van der Waals surface area (Å²) in [7, 11) is 1.94. The molecule has 0 amide bonds. The van der Waals surface area contributed by atoms with E-state index in [4.69, 9.17) is 0 Å². The first-order valence-electron chi connectivity index (χ1n) is 10.7. The lowest BCUT2D eigenvalue weighted by atomic mass is 9.81. The van der Waals surface area contributed by atoms with Crippen LogP contribution in [0.25, 0.3) is 10.8 Å². The largest absolute Gasteiger partial charge is 0.375 e. The Balaban J connectivity index is 0.00000112. The molecule has 2 atom stereocenters. The van der Waals surface area contributed by atoms with Gasteiger partial charge in [-0.25, -0.2) is 5.10 Å². The first kappa shape index (κ1) is 20.8. The fourth-order valence-electron chi connectivity index (χ4n) is 4.20. The van der Waals surface area contributed by atoms with Crippen LogP contribution in [0.4, 0.5) is 5.69 Å². The van der Waals surface area contributed by atoms with Gasteiger partial charge in [-0.05, 0) is 42.4 Å². The number of nitrogens with zero attached hydrogens (tertiary/aromatic N) is 2. The van der Waals surface area contributed by atoms with E-state index in [1.807, 2.05) is 57.3 Å². The maximum Gasteiger partial charge on any atom is 0.272 e. The summed E-state index contributed by atoms with van der Waals surface area (Å²) in [5.41, 5.74) is 4.89. The van der Waals surface area contributed by atoms with E-state index in [0.717, 1.165) is 34.6 Å². The van der Waals surface area contributed by atoms with Crippen LogP contribution >= 0.6 is 0 Å². The molecule has 5 rings (SSSR count). The molecular weight excluding hydrogens is 386 g/mol. The summed E-state index contributed by atoms with van der Waals surface area (Å²) in [4.78, 5) is 17.0. The van der Waals surface area contributed by atoms with E-state index in [0.29, 0.717) is 5.39 Å². The lowest BCUT2D eigenvalue weighted by Crippen LogP contribution is -2.28. The van der Waals surface area contributed by atoms with Gasteiger partial charge < -0.3 is 10.6 Å². The Hall–Kier alpha value is -3.51. The molecule has 2 aromatic heterocycles. The Morgan fingerprint density at radius 2 is 1.81 bits per heavy atom. The van der Waals surface area contributed by atoms with Crippen LogP contribution in [-0.2, 0) is 6.54 Å². The Bertz CT molecular complexity index is 1220. The van der Waals surface area contributed by atoms with Gasteiger partial charge in [-0.1, -0.05) is 50.2 Å². The van der Waals surface area contributed by atoms with Crippen molar-refractivity contribution >= 4 is 16.5 Å². The van der Waals surface area contributed by atoms with Gasteiger partial charge in [0, 0.05) is 23.8 Å². The summed E-state index contributed by atoms with van der Waals surface area (Å²) in [6.45, 7) is 4.82. The summed E-state index contributed by atoms with van der Waals surface area (Å²) in [5, 5.41) is 15.5. The second-order valence-corrected chi connectivity index (χ2v) is 7.29. The van der Waals surface area contributed by atoms with E-state index in [9.17, 15) is 4.79 Å². The van der Waals surface area contributed by atoms with Crippen LogP contribution in [-0.4, -0.2) is 22.2 Å². The molecule has 158 valence electrons. The third-order valence-corrected chi connectivity index (χ3v) is 5.51. The highest BCUT2D eigenvalue weighted by molar-refractivity contribution is 5.97. The molecule has 1 aliphatic heterocycles. The van der Waals surface area contributed by atoms with E-state index >= 15 is 0 Å². The number of aromatic nitrogens is 3. The van der Waals surface area contributed by atoms with Crippen LogP contribution < -0.4 is 16.2 Å². The molecule has 1 aliphatic rings. The molecule has 6 nitrogen and oxygen atoms in total. The lowest BCUT2D eigenvalue weighted by Gasteiger charge is -2.34. The normalized spacial score (nSPS) is 16.9. The predicted octanol–water partition coefficient (Wildman–Crippen LogP) is 4.36. The van der Waals surface area contributed by atoms with Gasteiger partial charge in [0.1, 0.15) is 0 Å². The highest BCUT2D eigenvalue weighted by Gasteiger charge is 2.35. The lowest BCUT2D eigenvalue weighted by molar-refractivity contribution is 0.623. The molecule has 2 aromatic carbocycles. The summed E-state index contributed by atoms with van der Waals surface area (Å²) >= 11 is 0. The smallest absolute Gasteiger partial charge is 0.272 e. The molecule has 4 aromatic rings. The first-order valence-corrected chi connectivity index (χ1v) is 10.7. The Morgan fingerprint density at radius 3 is 2.52 bits per heavy atom. The van der Waals surface area contributed by atoms with Gasteiger partial charge in [0.05, 0.1) is 28.7 Å². The van der Waals surface area contributed by atoms with Crippen molar-refractivity contribution in [2.24, 2.45) is 0 Å². The maximum absolute atomic E-state index is 12.4. The van der Waals surface area contributed by atoms with Crippen molar-refractivity contribution < 1.29 is 0 Å². The van der Waals surface area contributed by atoms with Crippen LogP contribution in [0.15, 0.2) is 71.7 Å². The minimum Gasteiger partial charge on any atom is -0.375 e. The van der Waals surface area contributed by atoms with E-state index < -0.39 is 0 Å². The minimum atomic E-state index is -0.174. The molecule has 0 spiro atoms. The van der Waals surface area contributed by atoms with Crippen LogP contribution in [0, 0.1) is 0 Å². The number of hydrogen-bond donors (Lipinski definition) is 3. The molecule has 2 unspecified atom stereocenters. The fraction of sp³-hybridized carbons (Fsp3) is 0.240. The van der Waals surface area contributed by atoms with E-state index in [1.54, 1.807) is 6.20 Å². The number of nitrogens with one attached hydrogen (secondary N) is 3. The van der Waals surface area contributed by atoms with E-state index in [1.165, 1.54) is 5.56 Å². The Morgan fingerprint density at radius 1 is 1.00 bits per heavy atom. The molecule has 0 saturated heterocycles. The van der Waals surface area contributed by atoms with Gasteiger partial charge >= 0.3 is 0 Å². The van der Waals surface area contributed by atoms with Crippen molar-refractivity contribution in [3.63, 3.8) is 0 Å². The molecule has 31 heavy (non-hydrogen) atoms. The summed E-state index contributed by atoms with van der Waals surface area (Å²) in [6, 6.07) is 20.1. The second kappa shape index (κ2) is 9.10. The number of benzene rings is 2. The maximum atomic E-state index is 12.4. The molecule has 0 radical (unpaired) electrons.